The van der Waals surface area contributed by atoms with Gasteiger partial charge in [-0.05, 0) is 36.4 Å². The number of hydrogen-bond acceptors (Lipinski definition) is 5. The maximum Gasteiger partial charge on any atom is 0.266 e. The largest absolute Gasteiger partial charge is 0.497 e. The minimum atomic E-state index is -0.563. The Hall–Kier alpha value is -3.17. The van der Waals surface area contributed by atoms with Crippen molar-refractivity contribution in [2.45, 2.75) is 0 Å². The summed E-state index contributed by atoms with van der Waals surface area (Å²) in [6.45, 7) is 0. The fourth-order valence-electron chi connectivity index (χ4n) is 2.18. The first-order chi connectivity index (χ1) is 12.5. The second-order valence-corrected chi connectivity index (χ2v) is 5.49. The van der Waals surface area contributed by atoms with Gasteiger partial charge in [0.1, 0.15) is 28.9 Å². The average molecular weight is 373 g/mol. The Labute approximate surface area is 156 Å². The van der Waals surface area contributed by atoms with Gasteiger partial charge in [0.25, 0.3) is 5.91 Å². The van der Waals surface area contributed by atoms with Gasteiger partial charge in [-0.1, -0.05) is 11.6 Å². The van der Waals surface area contributed by atoms with Crippen molar-refractivity contribution in [3.05, 3.63) is 52.6 Å². The normalized spacial score (nSPS) is 10.7. The lowest BCUT2D eigenvalue weighted by atomic mass is 10.1. The van der Waals surface area contributed by atoms with Gasteiger partial charge in [0.2, 0.25) is 0 Å². The lowest BCUT2D eigenvalue weighted by Crippen LogP contribution is -2.13. The van der Waals surface area contributed by atoms with E-state index in [1.807, 2.05) is 6.07 Å². The summed E-state index contributed by atoms with van der Waals surface area (Å²) in [5.74, 6) is 1.02. The zero-order valence-electron chi connectivity index (χ0n) is 14.5. The molecule has 2 aromatic rings. The van der Waals surface area contributed by atoms with Crippen LogP contribution in [0.3, 0.4) is 0 Å². The zero-order chi connectivity index (χ0) is 19.1. The predicted octanol–water partition coefficient (Wildman–Crippen LogP) is 3.91. The summed E-state index contributed by atoms with van der Waals surface area (Å²) in [5, 5.41) is 12.3. The zero-order valence-corrected chi connectivity index (χ0v) is 15.3. The van der Waals surface area contributed by atoms with E-state index >= 15 is 0 Å². The molecule has 0 saturated carbocycles. The van der Waals surface area contributed by atoms with Gasteiger partial charge in [0.15, 0.2) is 0 Å². The number of anilines is 1. The Morgan fingerprint density at radius 1 is 1.08 bits per heavy atom. The molecule has 0 aliphatic carbocycles. The molecule has 2 aromatic carbocycles. The molecule has 0 radical (unpaired) electrons. The number of ether oxygens (including phenoxy) is 3. The molecule has 0 aliphatic heterocycles. The lowest BCUT2D eigenvalue weighted by molar-refractivity contribution is -0.112. The van der Waals surface area contributed by atoms with Crippen molar-refractivity contribution in [1.82, 2.24) is 0 Å². The standard InChI is InChI=1S/C19H17ClN2O4/c1-24-15-6-4-12(18(10-15)26-3)8-13(11-21)19(23)22-14-5-7-17(25-2)16(20)9-14/h4-10H,1-3H3,(H,22,23)/b13-8+. The quantitative estimate of drug-likeness (QED) is 0.614. The molecule has 26 heavy (non-hydrogen) atoms. The number of nitrogens with zero attached hydrogens (tertiary/aromatic N) is 1. The lowest BCUT2D eigenvalue weighted by Gasteiger charge is -2.09. The van der Waals surface area contributed by atoms with Crippen LogP contribution in [0.4, 0.5) is 5.69 Å². The Bertz CT molecular complexity index is 888. The predicted molar refractivity (Wildman–Crippen MR) is 99.8 cm³/mol. The van der Waals surface area contributed by atoms with E-state index in [9.17, 15) is 10.1 Å². The fraction of sp³-hybridized carbons (Fsp3) is 0.158. The van der Waals surface area contributed by atoms with Crippen LogP contribution < -0.4 is 19.5 Å². The van der Waals surface area contributed by atoms with E-state index < -0.39 is 5.91 Å². The molecule has 0 fully saturated rings. The SMILES string of the molecule is COc1ccc(/C=C(\C#N)C(=O)Nc2ccc(OC)c(Cl)c2)c(OC)c1. The Morgan fingerprint density at radius 3 is 2.38 bits per heavy atom. The van der Waals surface area contributed by atoms with Gasteiger partial charge in [-0.3, -0.25) is 4.79 Å². The van der Waals surface area contributed by atoms with Gasteiger partial charge in [0.05, 0.1) is 26.4 Å². The Morgan fingerprint density at radius 2 is 1.81 bits per heavy atom. The minimum Gasteiger partial charge on any atom is -0.497 e. The van der Waals surface area contributed by atoms with Crippen LogP contribution in [-0.2, 0) is 4.79 Å². The van der Waals surface area contributed by atoms with Crippen molar-refractivity contribution in [3.8, 4) is 23.3 Å². The Kier molecular flexibility index (Phi) is 6.48. The number of amides is 1. The number of nitriles is 1. The highest BCUT2D eigenvalue weighted by Gasteiger charge is 2.13. The molecule has 0 aromatic heterocycles. The third-order valence-electron chi connectivity index (χ3n) is 3.52. The highest BCUT2D eigenvalue weighted by molar-refractivity contribution is 6.32. The van der Waals surface area contributed by atoms with Gasteiger partial charge in [-0.15, -0.1) is 0 Å². The summed E-state index contributed by atoms with van der Waals surface area (Å²) in [6, 6.07) is 11.8. The highest BCUT2D eigenvalue weighted by atomic mass is 35.5. The maximum atomic E-state index is 12.4. The number of carbonyl (C=O) groups excluding carboxylic acids is 1. The molecule has 0 bridgehead atoms. The van der Waals surface area contributed by atoms with Gasteiger partial charge in [-0.2, -0.15) is 5.26 Å². The first-order valence-electron chi connectivity index (χ1n) is 7.51. The van der Waals surface area contributed by atoms with E-state index in [0.717, 1.165) is 0 Å². The van der Waals surface area contributed by atoms with Gasteiger partial charge in [0, 0.05) is 17.3 Å². The van der Waals surface area contributed by atoms with Crippen LogP contribution in [0.25, 0.3) is 6.08 Å². The molecule has 0 aliphatic rings. The van der Waals surface area contributed by atoms with E-state index in [1.165, 1.54) is 20.3 Å². The number of nitrogens with one attached hydrogen (secondary N) is 1. The number of halogens is 1. The van der Waals surface area contributed by atoms with Crippen LogP contribution in [0.1, 0.15) is 5.56 Å². The summed E-state index contributed by atoms with van der Waals surface area (Å²) < 4.78 is 15.5. The Balaban J connectivity index is 2.27. The van der Waals surface area contributed by atoms with E-state index in [1.54, 1.807) is 43.5 Å². The van der Waals surface area contributed by atoms with Crippen LogP contribution in [0, 0.1) is 11.3 Å². The molecule has 1 amide bonds. The van der Waals surface area contributed by atoms with Gasteiger partial charge >= 0.3 is 0 Å². The van der Waals surface area contributed by atoms with E-state index in [-0.39, 0.29) is 5.57 Å². The second kappa shape index (κ2) is 8.79. The van der Waals surface area contributed by atoms with Crippen molar-refractivity contribution >= 4 is 29.3 Å². The summed E-state index contributed by atoms with van der Waals surface area (Å²) in [6.07, 6.45) is 1.44. The molecule has 0 unspecified atom stereocenters. The van der Waals surface area contributed by atoms with Crippen molar-refractivity contribution < 1.29 is 19.0 Å². The van der Waals surface area contributed by atoms with E-state index in [0.29, 0.717) is 33.5 Å². The molecule has 2 rings (SSSR count). The van der Waals surface area contributed by atoms with Crippen LogP contribution in [-0.4, -0.2) is 27.2 Å². The molecule has 6 nitrogen and oxygen atoms in total. The molecule has 0 saturated heterocycles. The number of methoxy groups -OCH3 is 3. The average Bonchev–Trinajstić information content (AvgIpc) is 2.66. The van der Waals surface area contributed by atoms with Crippen LogP contribution in [0.2, 0.25) is 5.02 Å². The topological polar surface area (TPSA) is 80.6 Å². The van der Waals surface area contributed by atoms with Crippen molar-refractivity contribution in [3.63, 3.8) is 0 Å². The smallest absolute Gasteiger partial charge is 0.266 e. The van der Waals surface area contributed by atoms with Crippen molar-refractivity contribution in [2.75, 3.05) is 26.6 Å². The van der Waals surface area contributed by atoms with Gasteiger partial charge < -0.3 is 19.5 Å². The van der Waals surface area contributed by atoms with Crippen LogP contribution in [0.5, 0.6) is 17.2 Å². The number of carbonyl (C=O) groups is 1. The fourth-order valence-corrected chi connectivity index (χ4v) is 2.44. The number of benzene rings is 2. The number of rotatable bonds is 6. The summed E-state index contributed by atoms with van der Waals surface area (Å²) in [5.41, 5.74) is 0.941. The maximum absolute atomic E-state index is 12.4. The van der Waals surface area contributed by atoms with E-state index in [4.69, 9.17) is 25.8 Å². The van der Waals surface area contributed by atoms with Crippen molar-refractivity contribution in [2.24, 2.45) is 0 Å². The molecule has 0 spiro atoms. The first-order valence-corrected chi connectivity index (χ1v) is 7.89. The number of hydrogen-bond donors (Lipinski definition) is 1. The summed E-state index contributed by atoms with van der Waals surface area (Å²) >= 11 is 6.04. The monoisotopic (exact) mass is 372 g/mol. The minimum absolute atomic E-state index is 0.0830. The van der Waals surface area contributed by atoms with Crippen molar-refractivity contribution in [1.29, 1.82) is 5.26 Å². The molecule has 134 valence electrons. The van der Waals surface area contributed by atoms with Crippen LogP contribution >= 0.6 is 11.6 Å². The van der Waals surface area contributed by atoms with Gasteiger partial charge in [-0.25, -0.2) is 0 Å². The molecular formula is C19H17ClN2O4. The summed E-state index contributed by atoms with van der Waals surface area (Å²) in [7, 11) is 4.54. The molecule has 7 heteroatoms. The third kappa shape index (κ3) is 4.47. The molecule has 1 N–H and O–H groups in total. The molecular weight excluding hydrogens is 356 g/mol. The highest BCUT2D eigenvalue weighted by Crippen LogP contribution is 2.28. The third-order valence-corrected chi connectivity index (χ3v) is 3.81. The molecule has 0 heterocycles. The second-order valence-electron chi connectivity index (χ2n) is 5.08. The summed E-state index contributed by atoms with van der Waals surface area (Å²) in [4.78, 5) is 12.4. The first kappa shape index (κ1) is 19.2. The van der Waals surface area contributed by atoms with E-state index in [2.05, 4.69) is 5.32 Å². The van der Waals surface area contributed by atoms with Crippen LogP contribution in [0.15, 0.2) is 42.0 Å². The molecule has 0 atom stereocenters.